The van der Waals surface area contributed by atoms with Gasteiger partial charge >= 0.3 is 5.69 Å². The predicted octanol–water partition coefficient (Wildman–Crippen LogP) is 4.43. The minimum Gasteiger partial charge on any atom is -0.382 e. The van der Waals surface area contributed by atoms with E-state index in [-0.39, 0.29) is 17.6 Å². The highest BCUT2D eigenvalue weighted by Gasteiger charge is 2.25. The van der Waals surface area contributed by atoms with Crippen LogP contribution in [0.25, 0.3) is 16.7 Å². The number of imidazole rings is 1. The Balaban J connectivity index is 1.43. The number of benzene rings is 2. The van der Waals surface area contributed by atoms with Crippen molar-refractivity contribution in [2.75, 3.05) is 5.73 Å². The summed E-state index contributed by atoms with van der Waals surface area (Å²) in [5.41, 5.74) is 12.0. The van der Waals surface area contributed by atoms with Gasteiger partial charge < -0.3 is 11.1 Å². The zero-order valence-corrected chi connectivity index (χ0v) is 19.5. The lowest BCUT2D eigenvalue weighted by molar-refractivity contribution is 0.0950. The molecule has 0 aliphatic heterocycles. The third kappa shape index (κ3) is 3.87. The first-order chi connectivity index (χ1) is 16.4. The quantitative estimate of drug-likeness (QED) is 0.465. The topological polar surface area (TPSA) is 94.9 Å². The largest absolute Gasteiger partial charge is 0.382 e. The van der Waals surface area contributed by atoms with Crippen LogP contribution in [0.3, 0.4) is 0 Å². The molecule has 1 fully saturated rings. The highest BCUT2D eigenvalue weighted by Crippen LogP contribution is 2.32. The van der Waals surface area contributed by atoms with Crippen LogP contribution >= 0.6 is 0 Å². The normalized spacial score (nSPS) is 14.1. The van der Waals surface area contributed by atoms with Crippen molar-refractivity contribution in [3.63, 3.8) is 0 Å². The highest BCUT2D eigenvalue weighted by atomic mass is 16.2. The molecule has 1 saturated carbocycles. The first-order valence-corrected chi connectivity index (χ1v) is 11.8. The highest BCUT2D eigenvalue weighted by molar-refractivity contribution is 5.95. The summed E-state index contributed by atoms with van der Waals surface area (Å²) in [6.07, 6.45) is 5.93. The van der Waals surface area contributed by atoms with Gasteiger partial charge in [-0.2, -0.15) is 0 Å². The van der Waals surface area contributed by atoms with Crippen LogP contribution in [0.15, 0.2) is 59.5 Å². The summed E-state index contributed by atoms with van der Waals surface area (Å²) < 4.78 is 3.55. The number of nitrogens with one attached hydrogen (secondary N) is 1. The summed E-state index contributed by atoms with van der Waals surface area (Å²) in [5.74, 6) is 0.246. The molecule has 1 aliphatic carbocycles. The molecule has 0 spiro atoms. The van der Waals surface area contributed by atoms with E-state index in [0.29, 0.717) is 23.4 Å². The molecule has 1 amide bonds. The zero-order valence-electron chi connectivity index (χ0n) is 19.5. The van der Waals surface area contributed by atoms with Crippen molar-refractivity contribution in [1.82, 2.24) is 19.4 Å². The molecule has 2 heterocycles. The van der Waals surface area contributed by atoms with E-state index in [1.54, 1.807) is 10.8 Å². The second kappa shape index (κ2) is 8.82. The van der Waals surface area contributed by atoms with E-state index in [4.69, 9.17) is 5.73 Å². The number of carbonyl (C=O) groups excluding carboxylic acids is 1. The maximum absolute atomic E-state index is 13.5. The van der Waals surface area contributed by atoms with Gasteiger partial charge in [0.05, 0.1) is 11.2 Å². The fourth-order valence-electron chi connectivity index (χ4n) is 4.97. The molecular weight excluding hydrogens is 426 g/mol. The van der Waals surface area contributed by atoms with E-state index in [1.807, 2.05) is 66.9 Å². The van der Waals surface area contributed by atoms with Crippen LogP contribution in [0, 0.1) is 13.8 Å². The van der Waals surface area contributed by atoms with Gasteiger partial charge in [-0.05, 0) is 62.1 Å². The molecule has 3 N–H and O–H groups in total. The van der Waals surface area contributed by atoms with Gasteiger partial charge in [-0.25, -0.2) is 9.78 Å². The molecule has 7 heteroatoms. The molecule has 0 radical (unpaired) electrons. The Morgan fingerprint density at radius 1 is 1.09 bits per heavy atom. The number of aromatic nitrogens is 3. The van der Waals surface area contributed by atoms with Gasteiger partial charge in [0.25, 0.3) is 5.91 Å². The Kier molecular flexibility index (Phi) is 5.69. The molecule has 0 bridgehead atoms. The number of aryl methyl sites for hydroxylation is 2. The standard InChI is InChI=1S/C27H29N5O2/c1-17-7-8-18(2)22(15-17)26(33)30-16-19-9-11-21(12-10-19)32-24-23(13-14-29-25(24)28)31(27(32)34)20-5-3-4-6-20/h7-15,20H,3-6,16H2,1-2H3,(H2,28,29)(H,30,33). The maximum atomic E-state index is 13.5. The van der Waals surface area contributed by atoms with Crippen molar-refractivity contribution in [1.29, 1.82) is 0 Å². The first-order valence-electron chi connectivity index (χ1n) is 11.8. The van der Waals surface area contributed by atoms with E-state index < -0.39 is 0 Å². The monoisotopic (exact) mass is 455 g/mol. The lowest BCUT2D eigenvalue weighted by atomic mass is 10.0. The summed E-state index contributed by atoms with van der Waals surface area (Å²) in [5, 5.41) is 2.99. The number of nitrogen functional groups attached to an aromatic ring is 1. The van der Waals surface area contributed by atoms with Gasteiger partial charge in [0.2, 0.25) is 0 Å². The SMILES string of the molecule is Cc1ccc(C)c(C(=O)NCc2ccc(-n3c(=O)n(C4CCCC4)c4ccnc(N)c43)cc2)c1. The lowest BCUT2D eigenvalue weighted by Gasteiger charge is -2.11. The molecule has 2 aromatic heterocycles. The second-order valence-corrected chi connectivity index (χ2v) is 9.16. The van der Waals surface area contributed by atoms with Crippen LogP contribution in [0.5, 0.6) is 0 Å². The smallest absolute Gasteiger partial charge is 0.334 e. The van der Waals surface area contributed by atoms with Crippen molar-refractivity contribution >= 4 is 22.8 Å². The molecule has 7 nitrogen and oxygen atoms in total. The Morgan fingerprint density at radius 2 is 1.82 bits per heavy atom. The van der Waals surface area contributed by atoms with Crippen LogP contribution in [0.2, 0.25) is 0 Å². The molecule has 34 heavy (non-hydrogen) atoms. The predicted molar refractivity (Wildman–Crippen MR) is 134 cm³/mol. The Hall–Kier alpha value is -3.87. The van der Waals surface area contributed by atoms with Crippen LogP contribution in [0.1, 0.15) is 58.8 Å². The number of nitrogens with two attached hydrogens (primary N) is 1. The second-order valence-electron chi connectivity index (χ2n) is 9.16. The fourth-order valence-corrected chi connectivity index (χ4v) is 4.97. The van der Waals surface area contributed by atoms with Crippen LogP contribution < -0.4 is 16.7 Å². The third-order valence-electron chi connectivity index (χ3n) is 6.79. The molecule has 174 valence electrons. The molecule has 2 aromatic carbocycles. The van der Waals surface area contributed by atoms with Gasteiger partial charge in [0.1, 0.15) is 11.3 Å². The molecule has 0 atom stereocenters. The van der Waals surface area contributed by atoms with Crippen LogP contribution in [-0.4, -0.2) is 20.0 Å². The van der Waals surface area contributed by atoms with E-state index in [0.717, 1.165) is 53.6 Å². The summed E-state index contributed by atoms with van der Waals surface area (Å²) in [6.45, 7) is 4.31. The summed E-state index contributed by atoms with van der Waals surface area (Å²) >= 11 is 0. The number of carbonyl (C=O) groups is 1. The Bertz CT molecular complexity index is 1430. The van der Waals surface area contributed by atoms with Crippen LogP contribution in [-0.2, 0) is 6.54 Å². The maximum Gasteiger partial charge on any atom is 0.334 e. The Labute approximate surface area is 198 Å². The van der Waals surface area contributed by atoms with Gasteiger partial charge in [-0.15, -0.1) is 0 Å². The molecule has 0 saturated heterocycles. The minimum absolute atomic E-state index is 0.0856. The summed E-state index contributed by atoms with van der Waals surface area (Å²) in [4.78, 5) is 30.4. The number of amides is 1. The summed E-state index contributed by atoms with van der Waals surface area (Å²) in [7, 11) is 0. The van der Waals surface area contributed by atoms with Crippen molar-refractivity contribution in [2.45, 2.75) is 52.1 Å². The average Bonchev–Trinajstić information content (AvgIpc) is 3.45. The van der Waals surface area contributed by atoms with E-state index >= 15 is 0 Å². The van der Waals surface area contributed by atoms with Gasteiger partial charge in [-0.1, -0.05) is 42.7 Å². The molecule has 1 aliphatic rings. The lowest BCUT2D eigenvalue weighted by Crippen LogP contribution is -2.26. The third-order valence-corrected chi connectivity index (χ3v) is 6.79. The number of nitrogens with zero attached hydrogens (tertiary/aromatic N) is 3. The van der Waals surface area contributed by atoms with Gasteiger partial charge in [0, 0.05) is 24.3 Å². The van der Waals surface area contributed by atoms with Crippen molar-refractivity contribution in [3.8, 4) is 5.69 Å². The van der Waals surface area contributed by atoms with Gasteiger partial charge in [0.15, 0.2) is 0 Å². The number of hydrogen-bond donors (Lipinski definition) is 2. The zero-order chi connectivity index (χ0) is 23.8. The van der Waals surface area contributed by atoms with Crippen molar-refractivity contribution in [3.05, 3.63) is 87.5 Å². The molecule has 0 unspecified atom stereocenters. The number of hydrogen-bond acceptors (Lipinski definition) is 4. The molecular formula is C27H29N5O2. The molecule has 4 aromatic rings. The van der Waals surface area contributed by atoms with E-state index in [1.165, 1.54) is 0 Å². The fraction of sp³-hybridized carbons (Fsp3) is 0.296. The van der Waals surface area contributed by atoms with E-state index in [2.05, 4.69) is 10.3 Å². The number of anilines is 1. The van der Waals surface area contributed by atoms with Gasteiger partial charge in [-0.3, -0.25) is 13.9 Å². The van der Waals surface area contributed by atoms with E-state index in [9.17, 15) is 9.59 Å². The number of pyridine rings is 1. The number of fused-ring (bicyclic) bond motifs is 1. The number of rotatable bonds is 5. The van der Waals surface area contributed by atoms with Crippen molar-refractivity contribution in [2.24, 2.45) is 0 Å². The Morgan fingerprint density at radius 3 is 2.56 bits per heavy atom. The molecule has 5 rings (SSSR count). The first kappa shape index (κ1) is 21.9. The van der Waals surface area contributed by atoms with Crippen molar-refractivity contribution < 1.29 is 4.79 Å². The summed E-state index contributed by atoms with van der Waals surface area (Å²) in [6, 6.07) is 15.6. The average molecular weight is 456 g/mol. The minimum atomic E-state index is -0.0972. The van der Waals surface area contributed by atoms with Crippen LogP contribution in [0.4, 0.5) is 5.82 Å².